The van der Waals surface area contributed by atoms with Gasteiger partial charge in [-0.15, -0.1) is 0 Å². The number of halogens is 2. The Morgan fingerprint density at radius 2 is 1.74 bits per heavy atom. The first-order valence-corrected chi connectivity index (χ1v) is 9.64. The minimum absolute atomic E-state index is 0.565. The molecule has 0 nitrogen and oxygen atoms in total. The van der Waals surface area contributed by atoms with Crippen LogP contribution in [0, 0.1) is 29.4 Å². The maximum Gasteiger partial charge on any atom is 0.162 e. The van der Waals surface area contributed by atoms with Gasteiger partial charge in [0.15, 0.2) is 11.6 Å². The average Bonchev–Trinajstić information content (AvgIpc) is 2.59. The van der Waals surface area contributed by atoms with Crippen LogP contribution in [0.1, 0.15) is 75.8 Å². The Labute approximate surface area is 139 Å². The molecule has 23 heavy (non-hydrogen) atoms. The van der Waals surface area contributed by atoms with Gasteiger partial charge in [0.25, 0.3) is 0 Å². The van der Waals surface area contributed by atoms with E-state index in [4.69, 9.17) is 0 Å². The summed E-state index contributed by atoms with van der Waals surface area (Å²) in [6.45, 7) is 2.26. The Balaban J connectivity index is 1.55. The van der Waals surface area contributed by atoms with Gasteiger partial charge in [0.05, 0.1) is 0 Å². The van der Waals surface area contributed by atoms with Gasteiger partial charge in [0.1, 0.15) is 0 Å². The lowest BCUT2D eigenvalue weighted by Gasteiger charge is -2.36. The molecule has 1 aromatic rings. The number of unbranched alkanes of at least 4 members (excludes halogenated alkanes) is 2. The van der Waals surface area contributed by atoms with E-state index in [0.717, 1.165) is 36.7 Å². The lowest BCUT2D eigenvalue weighted by atomic mass is 9.69. The third-order valence-corrected chi connectivity index (χ3v) is 6.32. The average molecular weight is 320 g/mol. The van der Waals surface area contributed by atoms with Crippen molar-refractivity contribution in [2.24, 2.45) is 17.8 Å². The third-order valence-electron chi connectivity index (χ3n) is 6.32. The molecule has 0 saturated heterocycles. The van der Waals surface area contributed by atoms with E-state index < -0.39 is 11.6 Å². The number of aryl methyl sites for hydroxylation is 1. The van der Waals surface area contributed by atoms with Crippen LogP contribution in [-0.2, 0) is 12.8 Å². The molecule has 0 spiro atoms. The second kappa shape index (κ2) is 7.77. The highest BCUT2D eigenvalue weighted by atomic mass is 19.2. The van der Waals surface area contributed by atoms with E-state index in [-0.39, 0.29) is 0 Å². The zero-order valence-corrected chi connectivity index (χ0v) is 14.4. The van der Waals surface area contributed by atoms with Crippen molar-refractivity contribution in [1.82, 2.24) is 0 Å². The molecular weight excluding hydrogens is 290 g/mol. The minimum Gasteiger partial charge on any atom is -0.204 e. The molecule has 128 valence electrons. The second-order valence-electron chi connectivity index (χ2n) is 7.78. The quantitative estimate of drug-likeness (QED) is 0.546. The van der Waals surface area contributed by atoms with Crippen LogP contribution in [0.2, 0.25) is 0 Å². The molecule has 1 saturated carbocycles. The monoisotopic (exact) mass is 320 g/mol. The van der Waals surface area contributed by atoms with Crippen LogP contribution in [0.15, 0.2) is 12.1 Å². The molecule has 0 aliphatic heterocycles. The largest absolute Gasteiger partial charge is 0.204 e. The minimum atomic E-state index is -0.677. The maximum atomic E-state index is 14.1. The Bertz CT molecular complexity index is 515. The van der Waals surface area contributed by atoms with Gasteiger partial charge in [0, 0.05) is 0 Å². The van der Waals surface area contributed by atoms with E-state index in [2.05, 4.69) is 6.92 Å². The van der Waals surface area contributed by atoms with Crippen molar-refractivity contribution in [3.63, 3.8) is 0 Å². The predicted octanol–water partition coefficient (Wildman–Crippen LogP) is 6.46. The summed E-state index contributed by atoms with van der Waals surface area (Å²) in [5.74, 6) is 0.955. The molecule has 0 bridgehead atoms. The van der Waals surface area contributed by atoms with Crippen LogP contribution in [0.5, 0.6) is 0 Å². The summed E-state index contributed by atoms with van der Waals surface area (Å²) >= 11 is 0. The molecule has 0 radical (unpaired) electrons. The fourth-order valence-electron chi connectivity index (χ4n) is 4.83. The molecule has 1 aromatic carbocycles. The van der Waals surface area contributed by atoms with Gasteiger partial charge in [-0.05, 0) is 67.1 Å². The summed E-state index contributed by atoms with van der Waals surface area (Å²) in [5, 5.41) is 0. The first-order chi connectivity index (χ1) is 11.2. The standard InChI is InChI=1S/C21H30F2/c1-2-3-4-5-15-6-8-16(9-7-15)18-11-10-17-12-13-20(22)21(23)19(17)14-18/h12-13,15-16,18H,2-11,14H2,1H3. The van der Waals surface area contributed by atoms with E-state index >= 15 is 0 Å². The first kappa shape index (κ1) is 16.9. The van der Waals surface area contributed by atoms with Gasteiger partial charge in [-0.2, -0.15) is 0 Å². The Morgan fingerprint density at radius 3 is 2.48 bits per heavy atom. The van der Waals surface area contributed by atoms with Gasteiger partial charge in [-0.1, -0.05) is 51.5 Å². The van der Waals surface area contributed by atoms with E-state index in [1.165, 1.54) is 57.4 Å². The normalized spacial score (nSPS) is 27.7. The molecule has 1 atom stereocenters. The van der Waals surface area contributed by atoms with Crippen LogP contribution >= 0.6 is 0 Å². The third kappa shape index (κ3) is 3.95. The molecule has 0 aromatic heterocycles. The highest BCUT2D eigenvalue weighted by molar-refractivity contribution is 5.32. The van der Waals surface area contributed by atoms with Crippen molar-refractivity contribution in [3.05, 3.63) is 34.9 Å². The Hall–Kier alpha value is -0.920. The number of benzene rings is 1. The topological polar surface area (TPSA) is 0 Å². The van der Waals surface area contributed by atoms with Crippen molar-refractivity contribution >= 4 is 0 Å². The molecule has 2 heteroatoms. The predicted molar refractivity (Wildman–Crippen MR) is 91.5 cm³/mol. The van der Waals surface area contributed by atoms with Crippen molar-refractivity contribution in [2.45, 2.75) is 77.6 Å². The highest BCUT2D eigenvalue weighted by Gasteiger charge is 2.31. The van der Waals surface area contributed by atoms with Crippen LogP contribution in [-0.4, -0.2) is 0 Å². The van der Waals surface area contributed by atoms with E-state index in [0.29, 0.717) is 11.5 Å². The van der Waals surface area contributed by atoms with Crippen LogP contribution in [0.3, 0.4) is 0 Å². The van der Waals surface area contributed by atoms with Crippen LogP contribution < -0.4 is 0 Å². The lowest BCUT2D eigenvalue weighted by molar-refractivity contribution is 0.181. The van der Waals surface area contributed by atoms with E-state index in [1.54, 1.807) is 6.07 Å². The summed E-state index contributed by atoms with van der Waals surface area (Å²) in [6.07, 6.45) is 13.6. The molecule has 0 amide bonds. The zero-order valence-electron chi connectivity index (χ0n) is 14.4. The lowest BCUT2D eigenvalue weighted by Crippen LogP contribution is -2.27. The summed E-state index contributed by atoms with van der Waals surface area (Å²) in [5.41, 5.74) is 1.71. The molecule has 3 rings (SSSR count). The number of rotatable bonds is 5. The Kier molecular flexibility index (Phi) is 5.71. The Morgan fingerprint density at radius 1 is 0.957 bits per heavy atom. The molecule has 0 heterocycles. The molecule has 1 fully saturated rings. The summed E-state index contributed by atoms with van der Waals surface area (Å²) in [7, 11) is 0. The summed E-state index contributed by atoms with van der Waals surface area (Å²) in [6, 6.07) is 3.07. The van der Waals surface area contributed by atoms with E-state index in [9.17, 15) is 8.78 Å². The van der Waals surface area contributed by atoms with Gasteiger partial charge in [0.2, 0.25) is 0 Å². The molecule has 2 aliphatic rings. The van der Waals surface area contributed by atoms with Crippen molar-refractivity contribution < 1.29 is 8.78 Å². The first-order valence-electron chi connectivity index (χ1n) is 9.64. The number of hydrogen-bond donors (Lipinski definition) is 0. The van der Waals surface area contributed by atoms with E-state index in [1.807, 2.05) is 0 Å². The molecule has 2 aliphatic carbocycles. The smallest absolute Gasteiger partial charge is 0.162 e. The number of fused-ring (bicyclic) bond motifs is 1. The van der Waals surface area contributed by atoms with Gasteiger partial charge in [-0.3, -0.25) is 0 Å². The molecular formula is C21H30F2. The number of hydrogen-bond acceptors (Lipinski definition) is 0. The van der Waals surface area contributed by atoms with Crippen LogP contribution in [0.4, 0.5) is 8.78 Å². The van der Waals surface area contributed by atoms with Gasteiger partial charge in [-0.25, -0.2) is 8.78 Å². The molecule has 0 N–H and O–H groups in total. The highest BCUT2D eigenvalue weighted by Crippen LogP contribution is 2.41. The molecule has 1 unspecified atom stereocenters. The van der Waals surface area contributed by atoms with Crippen LogP contribution in [0.25, 0.3) is 0 Å². The van der Waals surface area contributed by atoms with Crippen molar-refractivity contribution in [1.29, 1.82) is 0 Å². The van der Waals surface area contributed by atoms with Gasteiger partial charge >= 0.3 is 0 Å². The van der Waals surface area contributed by atoms with Crippen molar-refractivity contribution in [3.8, 4) is 0 Å². The van der Waals surface area contributed by atoms with Gasteiger partial charge < -0.3 is 0 Å². The summed E-state index contributed by atoms with van der Waals surface area (Å²) < 4.78 is 27.6. The van der Waals surface area contributed by atoms with Crippen molar-refractivity contribution in [2.75, 3.05) is 0 Å². The fourth-order valence-corrected chi connectivity index (χ4v) is 4.83. The maximum absolute atomic E-state index is 14.1. The SMILES string of the molecule is CCCCCC1CCC(C2CCc3ccc(F)c(F)c3C2)CC1. The zero-order chi connectivity index (χ0) is 16.2. The fraction of sp³-hybridized carbons (Fsp3) is 0.714. The summed E-state index contributed by atoms with van der Waals surface area (Å²) in [4.78, 5) is 0. The second-order valence-corrected chi connectivity index (χ2v) is 7.78.